The van der Waals surface area contributed by atoms with Gasteiger partial charge in [-0.15, -0.1) is 0 Å². The van der Waals surface area contributed by atoms with Gasteiger partial charge >= 0.3 is 0 Å². The molecule has 0 unspecified atom stereocenters. The van der Waals surface area contributed by atoms with Crippen LogP contribution >= 0.6 is 0 Å². The standard InChI is InChI=1S/C19H23N3O5/c1-12-20-18(21-27-12)14-10-24-8-7-22(14)16(23)11-25-15-6-4-5-13-9-19(2,3)26-17(13)15/h4-6,14H,7-11H2,1-3H3/t14-/m0/s1. The van der Waals surface area contributed by atoms with E-state index in [1.165, 1.54) is 0 Å². The van der Waals surface area contributed by atoms with Gasteiger partial charge in [0.1, 0.15) is 11.6 Å². The lowest BCUT2D eigenvalue weighted by atomic mass is 10.0. The van der Waals surface area contributed by atoms with Crippen LogP contribution in [0, 0.1) is 6.92 Å². The van der Waals surface area contributed by atoms with Gasteiger partial charge in [0.25, 0.3) is 5.91 Å². The van der Waals surface area contributed by atoms with Gasteiger partial charge in [0.05, 0.1) is 13.2 Å². The number of benzene rings is 1. The Balaban J connectivity index is 1.46. The van der Waals surface area contributed by atoms with Crippen LogP contribution in [0.2, 0.25) is 0 Å². The molecule has 2 aromatic rings. The molecule has 0 saturated carbocycles. The molecular formula is C19H23N3O5. The molecule has 144 valence electrons. The third-order valence-corrected chi connectivity index (χ3v) is 4.70. The molecule has 8 heteroatoms. The molecule has 0 bridgehead atoms. The van der Waals surface area contributed by atoms with Crippen molar-refractivity contribution in [2.24, 2.45) is 0 Å². The van der Waals surface area contributed by atoms with E-state index in [1.54, 1.807) is 11.8 Å². The van der Waals surface area contributed by atoms with Gasteiger partial charge in [0.2, 0.25) is 5.89 Å². The second kappa shape index (κ2) is 6.84. The Morgan fingerprint density at radius 1 is 1.41 bits per heavy atom. The summed E-state index contributed by atoms with van der Waals surface area (Å²) in [5.74, 6) is 2.07. The fourth-order valence-corrected chi connectivity index (χ4v) is 3.49. The first-order chi connectivity index (χ1) is 12.9. The van der Waals surface area contributed by atoms with Crippen molar-refractivity contribution in [1.29, 1.82) is 0 Å². The minimum Gasteiger partial charge on any atom is -0.483 e. The number of carbonyl (C=O) groups is 1. The smallest absolute Gasteiger partial charge is 0.261 e. The number of amides is 1. The van der Waals surface area contributed by atoms with E-state index in [2.05, 4.69) is 10.1 Å². The van der Waals surface area contributed by atoms with Crippen LogP contribution in [0.4, 0.5) is 0 Å². The zero-order valence-electron chi connectivity index (χ0n) is 15.7. The highest BCUT2D eigenvalue weighted by molar-refractivity contribution is 5.78. The Hall–Kier alpha value is -2.61. The zero-order valence-corrected chi connectivity index (χ0v) is 15.7. The average molecular weight is 373 g/mol. The third kappa shape index (κ3) is 3.62. The van der Waals surface area contributed by atoms with Crippen molar-refractivity contribution in [3.8, 4) is 11.5 Å². The number of aromatic nitrogens is 2. The molecule has 0 spiro atoms. The number of nitrogens with zero attached hydrogens (tertiary/aromatic N) is 3. The van der Waals surface area contributed by atoms with Gasteiger partial charge in [0, 0.05) is 25.5 Å². The Labute approximate surface area is 157 Å². The number of ether oxygens (including phenoxy) is 3. The maximum absolute atomic E-state index is 12.8. The summed E-state index contributed by atoms with van der Waals surface area (Å²) in [5, 5.41) is 3.93. The summed E-state index contributed by atoms with van der Waals surface area (Å²) in [7, 11) is 0. The minimum atomic E-state index is -0.371. The summed E-state index contributed by atoms with van der Waals surface area (Å²) in [6.45, 7) is 6.96. The maximum atomic E-state index is 12.8. The minimum absolute atomic E-state index is 0.0897. The highest BCUT2D eigenvalue weighted by Crippen LogP contribution is 2.41. The van der Waals surface area contributed by atoms with Gasteiger partial charge in [-0.1, -0.05) is 17.3 Å². The van der Waals surface area contributed by atoms with Crippen molar-refractivity contribution in [2.45, 2.75) is 38.8 Å². The van der Waals surface area contributed by atoms with E-state index in [1.807, 2.05) is 32.0 Å². The molecule has 27 heavy (non-hydrogen) atoms. The number of fused-ring (bicyclic) bond motifs is 1. The predicted molar refractivity (Wildman–Crippen MR) is 94.7 cm³/mol. The molecule has 0 radical (unpaired) electrons. The van der Waals surface area contributed by atoms with Gasteiger partial charge in [-0.05, 0) is 19.9 Å². The van der Waals surface area contributed by atoms with E-state index < -0.39 is 0 Å². The maximum Gasteiger partial charge on any atom is 0.261 e. The van der Waals surface area contributed by atoms with E-state index in [0.29, 0.717) is 37.2 Å². The molecule has 1 saturated heterocycles. The fourth-order valence-electron chi connectivity index (χ4n) is 3.49. The molecule has 0 N–H and O–H groups in total. The van der Waals surface area contributed by atoms with E-state index in [4.69, 9.17) is 18.7 Å². The monoisotopic (exact) mass is 373 g/mol. The Morgan fingerprint density at radius 2 is 2.26 bits per heavy atom. The van der Waals surface area contributed by atoms with Gasteiger partial charge in [-0.2, -0.15) is 4.98 Å². The average Bonchev–Trinajstić information content (AvgIpc) is 3.21. The molecular weight excluding hydrogens is 350 g/mol. The SMILES string of the molecule is Cc1nc([C@@H]2COCCN2C(=O)COc2cccc3c2OC(C)(C)C3)no1. The second-order valence-corrected chi connectivity index (χ2v) is 7.42. The van der Waals surface area contributed by atoms with Crippen LogP contribution in [0.1, 0.15) is 37.2 Å². The van der Waals surface area contributed by atoms with Gasteiger partial charge in [-0.25, -0.2) is 0 Å². The molecule has 1 aromatic carbocycles. The van der Waals surface area contributed by atoms with Crippen LogP contribution in [0.3, 0.4) is 0 Å². The molecule has 2 aliphatic heterocycles. The molecule has 4 rings (SSSR count). The van der Waals surface area contributed by atoms with Crippen LogP contribution < -0.4 is 9.47 Å². The van der Waals surface area contributed by atoms with Crippen molar-refractivity contribution >= 4 is 5.91 Å². The predicted octanol–water partition coefficient (Wildman–Crippen LogP) is 2.07. The summed E-state index contributed by atoms with van der Waals surface area (Å²) in [6.07, 6.45) is 0.816. The first-order valence-electron chi connectivity index (χ1n) is 9.04. The Morgan fingerprint density at radius 3 is 3.04 bits per heavy atom. The first kappa shape index (κ1) is 17.8. The lowest BCUT2D eigenvalue weighted by Crippen LogP contribution is -2.45. The molecule has 1 atom stereocenters. The van der Waals surface area contributed by atoms with E-state index in [9.17, 15) is 4.79 Å². The van der Waals surface area contributed by atoms with Crippen molar-refractivity contribution in [3.63, 3.8) is 0 Å². The third-order valence-electron chi connectivity index (χ3n) is 4.70. The molecule has 8 nitrogen and oxygen atoms in total. The van der Waals surface area contributed by atoms with Crippen LogP contribution in [-0.2, 0) is 16.0 Å². The summed E-state index contributed by atoms with van der Waals surface area (Å²) in [4.78, 5) is 18.7. The summed E-state index contributed by atoms with van der Waals surface area (Å²) >= 11 is 0. The van der Waals surface area contributed by atoms with Crippen molar-refractivity contribution in [2.75, 3.05) is 26.4 Å². The van der Waals surface area contributed by atoms with Crippen molar-refractivity contribution < 1.29 is 23.5 Å². The van der Waals surface area contributed by atoms with Crippen molar-refractivity contribution in [3.05, 3.63) is 35.5 Å². The quantitative estimate of drug-likeness (QED) is 0.811. The van der Waals surface area contributed by atoms with Crippen LogP contribution in [-0.4, -0.2) is 52.9 Å². The van der Waals surface area contributed by atoms with Crippen LogP contribution in [0.25, 0.3) is 0 Å². The summed E-state index contributed by atoms with van der Waals surface area (Å²) in [5.41, 5.74) is 0.828. The normalized spacial score (nSPS) is 20.9. The molecule has 1 amide bonds. The molecule has 1 aromatic heterocycles. The van der Waals surface area contributed by atoms with E-state index >= 15 is 0 Å². The number of carbonyl (C=O) groups excluding carboxylic acids is 1. The number of hydrogen-bond donors (Lipinski definition) is 0. The number of morpholine rings is 1. The Bertz CT molecular complexity index is 848. The van der Waals surface area contributed by atoms with Gasteiger partial charge in [-0.3, -0.25) is 4.79 Å². The van der Waals surface area contributed by atoms with Crippen LogP contribution in [0.5, 0.6) is 11.5 Å². The lowest BCUT2D eigenvalue weighted by Gasteiger charge is -2.33. The number of hydrogen-bond acceptors (Lipinski definition) is 7. The second-order valence-electron chi connectivity index (χ2n) is 7.42. The number of para-hydroxylation sites is 1. The largest absolute Gasteiger partial charge is 0.483 e. The molecule has 1 fully saturated rings. The highest BCUT2D eigenvalue weighted by atomic mass is 16.5. The van der Waals surface area contributed by atoms with E-state index in [-0.39, 0.29) is 24.2 Å². The Kier molecular flexibility index (Phi) is 4.51. The summed E-state index contributed by atoms with van der Waals surface area (Å²) in [6, 6.07) is 5.40. The van der Waals surface area contributed by atoms with Crippen molar-refractivity contribution in [1.82, 2.24) is 15.0 Å². The van der Waals surface area contributed by atoms with Gasteiger partial charge < -0.3 is 23.6 Å². The topological polar surface area (TPSA) is 86.9 Å². The number of rotatable bonds is 4. The zero-order chi connectivity index (χ0) is 19.0. The summed E-state index contributed by atoms with van der Waals surface area (Å²) < 4.78 is 22.4. The fraction of sp³-hybridized carbons (Fsp3) is 0.526. The molecule has 0 aliphatic carbocycles. The molecule has 3 heterocycles. The number of aryl methyl sites for hydroxylation is 1. The lowest BCUT2D eigenvalue weighted by molar-refractivity contribution is -0.142. The van der Waals surface area contributed by atoms with Gasteiger partial charge in [0.15, 0.2) is 23.9 Å². The molecule has 2 aliphatic rings. The van der Waals surface area contributed by atoms with E-state index in [0.717, 1.165) is 17.7 Å². The van der Waals surface area contributed by atoms with Crippen LogP contribution in [0.15, 0.2) is 22.7 Å². The first-order valence-corrected chi connectivity index (χ1v) is 9.04. The highest BCUT2D eigenvalue weighted by Gasteiger charge is 2.34.